The van der Waals surface area contributed by atoms with Gasteiger partial charge in [-0.05, 0) is 39.8 Å². The Labute approximate surface area is 159 Å². The van der Waals surface area contributed by atoms with Crippen LogP contribution in [0.3, 0.4) is 0 Å². The van der Waals surface area contributed by atoms with Crippen molar-refractivity contribution in [2.45, 2.75) is 39.8 Å². The zero-order valence-electron chi connectivity index (χ0n) is 16.0. The highest BCUT2D eigenvalue weighted by atomic mass is 32.1. The molecule has 6 nitrogen and oxygen atoms in total. The van der Waals surface area contributed by atoms with Gasteiger partial charge in [0.15, 0.2) is 5.13 Å². The highest BCUT2D eigenvalue weighted by Gasteiger charge is 2.27. The van der Waals surface area contributed by atoms with Gasteiger partial charge in [0, 0.05) is 32.2 Å². The summed E-state index contributed by atoms with van der Waals surface area (Å²) in [5, 5.41) is 4.03. The SMILES string of the molecule is CCOc1cccc2sc(N3CCN(C(C)C(=O)NC(C)C)CC3)nc12. The van der Waals surface area contributed by atoms with E-state index in [1.807, 2.05) is 39.8 Å². The molecule has 0 spiro atoms. The van der Waals surface area contributed by atoms with Gasteiger partial charge in [-0.15, -0.1) is 0 Å². The molecule has 1 aromatic heterocycles. The van der Waals surface area contributed by atoms with Crippen LogP contribution in [0.1, 0.15) is 27.7 Å². The van der Waals surface area contributed by atoms with E-state index in [-0.39, 0.29) is 18.0 Å². The topological polar surface area (TPSA) is 57.7 Å². The molecule has 1 saturated heterocycles. The van der Waals surface area contributed by atoms with Gasteiger partial charge in [-0.3, -0.25) is 9.69 Å². The van der Waals surface area contributed by atoms with Crippen molar-refractivity contribution in [3.05, 3.63) is 18.2 Å². The lowest BCUT2D eigenvalue weighted by molar-refractivity contribution is -0.126. The third kappa shape index (κ3) is 4.10. The lowest BCUT2D eigenvalue weighted by Gasteiger charge is -2.37. The van der Waals surface area contributed by atoms with Gasteiger partial charge in [0.05, 0.1) is 17.3 Å². The first-order valence-electron chi connectivity index (χ1n) is 9.31. The van der Waals surface area contributed by atoms with Crippen LogP contribution in [0.5, 0.6) is 5.75 Å². The van der Waals surface area contributed by atoms with Gasteiger partial charge in [-0.2, -0.15) is 0 Å². The zero-order chi connectivity index (χ0) is 18.7. The lowest BCUT2D eigenvalue weighted by atomic mass is 10.2. The standard InChI is InChI=1S/C19H28N4O2S/c1-5-25-15-7-6-8-16-17(15)21-19(26-16)23-11-9-22(10-12-23)14(4)18(24)20-13(2)3/h6-8,13-14H,5,9-12H2,1-4H3,(H,20,24). The molecule has 1 fully saturated rings. The molecule has 7 heteroatoms. The highest BCUT2D eigenvalue weighted by Crippen LogP contribution is 2.34. The third-order valence-corrected chi connectivity index (χ3v) is 5.69. The van der Waals surface area contributed by atoms with E-state index in [0.717, 1.165) is 47.3 Å². The molecule has 0 saturated carbocycles. The molecule has 26 heavy (non-hydrogen) atoms. The van der Waals surface area contributed by atoms with Crippen LogP contribution in [0.25, 0.3) is 10.2 Å². The van der Waals surface area contributed by atoms with Crippen LogP contribution in [0.15, 0.2) is 18.2 Å². The second-order valence-electron chi connectivity index (χ2n) is 6.89. The second-order valence-corrected chi connectivity index (χ2v) is 7.90. The number of nitrogens with zero attached hydrogens (tertiary/aromatic N) is 3. The molecule has 3 rings (SSSR count). The average molecular weight is 377 g/mol. The van der Waals surface area contributed by atoms with Crippen molar-refractivity contribution in [3.8, 4) is 5.75 Å². The van der Waals surface area contributed by atoms with E-state index in [2.05, 4.69) is 21.2 Å². The molecule has 0 aliphatic carbocycles. The number of carbonyl (C=O) groups is 1. The fraction of sp³-hybridized carbons (Fsp3) is 0.579. The quantitative estimate of drug-likeness (QED) is 0.840. The number of ether oxygens (including phenoxy) is 1. The van der Waals surface area contributed by atoms with Crippen LogP contribution in [0, 0.1) is 0 Å². The average Bonchev–Trinajstić information content (AvgIpc) is 3.06. The van der Waals surface area contributed by atoms with E-state index in [1.165, 1.54) is 0 Å². The van der Waals surface area contributed by atoms with E-state index in [0.29, 0.717) is 6.61 Å². The maximum atomic E-state index is 12.2. The maximum absolute atomic E-state index is 12.2. The molecule has 0 radical (unpaired) electrons. The first-order chi connectivity index (χ1) is 12.5. The summed E-state index contributed by atoms with van der Waals surface area (Å²) in [7, 11) is 0. The number of benzene rings is 1. The first kappa shape index (κ1) is 18.9. The van der Waals surface area contributed by atoms with Gasteiger partial charge < -0.3 is 15.0 Å². The number of para-hydroxylation sites is 1. The number of anilines is 1. The molecule has 1 aliphatic rings. The van der Waals surface area contributed by atoms with Gasteiger partial charge >= 0.3 is 0 Å². The van der Waals surface area contributed by atoms with Crippen molar-refractivity contribution in [2.75, 3.05) is 37.7 Å². The van der Waals surface area contributed by atoms with E-state index >= 15 is 0 Å². The fourth-order valence-electron chi connectivity index (χ4n) is 3.19. The molecule has 2 heterocycles. The Hall–Kier alpha value is -1.86. The third-order valence-electron chi connectivity index (χ3n) is 4.61. The van der Waals surface area contributed by atoms with Crippen LogP contribution >= 0.6 is 11.3 Å². The Morgan fingerprint density at radius 2 is 2.00 bits per heavy atom. The molecule has 1 aromatic carbocycles. The van der Waals surface area contributed by atoms with E-state index in [9.17, 15) is 4.79 Å². The summed E-state index contributed by atoms with van der Waals surface area (Å²) in [5.41, 5.74) is 0.946. The van der Waals surface area contributed by atoms with Crippen molar-refractivity contribution in [2.24, 2.45) is 0 Å². The summed E-state index contributed by atoms with van der Waals surface area (Å²) in [6.45, 7) is 12.1. The van der Waals surface area contributed by atoms with Gasteiger partial charge in [-0.1, -0.05) is 17.4 Å². The van der Waals surface area contributed by atoms with Crippen molar-refractivity contribution in [3.63, 3.8) is 0 Å². The number of hydrogen-bond acceptors (Lipinski definition) is 6. The molecule has 1 N–H and O–H groups in total. The number of fused-ring (bicyclic) bond motifs is 1. The van der Waals surface area contributed by atoms with Crippen LogP contribution in [-0.2, 0) is 4.79 Å². The molecule has 1 unspecified atom stereocenters. The molecule has 1 amide bonds. The van der Waals surface area contributed by atoms with Gasteiger partial charge in [0.1, 0.15) is 11.3 Å². The monoisotopic (exact) mass is 376 g/mol. The number of nitrogens with one attached hydrogen (secondary N) is 1. The number of hydrogen-bond donors (Lipinski definition) is 1. The summed E-state index contributed by atoms with van der Waals surface area (Å²) in [4.78, 5) is 21.6. The molecule has 1 aliphatic heterocycles. The number of thiazole rings is 1. The maximum Gasteiger partial charge on any atom is 0.237 e. The molecular weight excluding hydrogens is 348 g/mol. The van der Waals surface area contributed by atoms with Crippen LogP contribution in [-0.4, -0.2) is 60.7 Å². The lowest BCUT2D eigenvalue weighted by Crippen LogP contribution is -2.54. The van der Waals surface area contributed by atoms with Gasteiger partial charge in [0.2, 0.25) is 5.91 Å². The minimum absolute atomic E-state index is 0.0977. The minimum Gasteiger partial charge on any atom is -0.492 e. The Morgan fingerprint density at radius 1 is 1.27 bits per heavy atom. The Bertz CT molecular complexity index is 753. The predicted molar refractivity (Wildman–Crippen MR) is 107 cm³/mol. The summed E-state index contributed by atoms with van der Waals surface area (Å²) < 4.78 is 6.85. The smallest absolute Gasteiger partial charge is 0.237 e. The number of aromatic nitrogens is 1. The van der Waals surface area contributed by atoms with Crippen LogP contribution < -0.4 is 15.0 Å². The minimum atomic E-state index is -0.0977. The molecular formula is C19H28N4O2S. The first-order valence-corrected chi connectivity index (χ1v) is 10.1. The summed E-state index contributed by atoms with van der Waals surface area (Å²) in [6, 6.07) is 6.16. The van der Waals surface area contributed by atoms with Crippen molar-refractivity contribution < 1.29 is 9.53 Å². The summed E-state index contributed by atoms with van der Waals surface area (Å²) in [5.74, 6) is 0.958. The Balaban J connectivity index is 1.65. The normalized spacial score (nSPS) is 16.9. The predicted octanol–water partition coefficient (Wildman–Crippen LogP) is 2.73. The molecule has 1 atom stereocenters. The van der Waals surface area contributed by atoms with E-state index in [4.69, 9.17) is 9.72 Å². The van der Waals surface area contributed by atoms with Gasteiger partial charge in [-0.25, -0.2) is 4.98 Å². The van der Waals surface area contributed by atoms with E-state index in [1.54, 1.807) is 11.3 Å². The number of carbonyl (C=O) groups excluding carboxylic acids is 1. The van der Waals surface area contributed by atoms with E-state index < -0.39 is 0 Å². The Kier molecular flexibility index (Phi) is 5.98. The largest absolute Gasteiger partial charge is 0.492 e. The van der Waals surface area contributed by atoms with Crippen molar-refractivity contribution in [1.29, 1.82) is 0 Å². The molecule has 142 valence electrons. The van der Waals surface area contributed by atoms with Crippen molar-refractivity contribution >= 4 is 32.6 Å². The summed E-state index contributed by atoms with van der Waals surface area (Å²) in [6.07, 6.45) is 0. The molecule has 0 bridgehead atoms. The summed E-state index contributed by atoms with van der Waals surface area (Å²) >= 11 is 1.71. The highest BCUT2D eigenvalue weighted by molar-refractivity contribution is 7.22. The molecule has 2 aromatic rings. The zero-order valence-corrected chi connectivity index (χ0v) is 16.8. The van der Waals surface area contributed by atoms with Gasteiger partial charge in [0.25, 0.3) is 0 Å². The van der Waals surface area contributed by atoms with Crippen LogP contribution in [0.4, 0.5) is 5.13 Å². The second kappa shape index (κ2) is 8.22. The number of piperazine rings is 1. The Morgan fingerprint density at radius 3 is 2.65 bits per heavy atom. The van der Waals surface area contributed by atoms with Crippen LogP contribution in [0.2, 0.25) is 0 Å². The number of rotatable bonds is 6. The fourth-order valence-corrected chi connectivity index (χ4v) is 4.23. The number of amides is 1. The van der Waals surface area contributed by atoms with Crippen molar-refractivity contribution in [1.82, 2.24) is 15.2 Å².